The minimum absolute atomic E-state index is 0.0490. The highest BCUT2D eigenvalue weighted by atomic mass is 16.5. The van der Waals surface area contributed by atoms with Crippen molar-refractivity contribution in [2.45, 2.75) is 45.6 Å². The quantitative estimate of drug-likeness (QED) is 0.739. The predicted molar refractivity (Wildman–Crippen MR) is 97.2 cm³/mol. The minimum atomic E-state index is -0.967. The number of hydrogen-bond acceptors (Lipinski definition) is 4. The van der Waals surface area contributed by atoms with E-state index in [0.29, 0.717) is 18.7 Å². The number of rotatable bonds is 8. The van der Waals surface area contributed by atoms with Gasteiger partial charge in [-0.15, -0.1) is 0 Å². The van der Waals surface area contributed by atoms with Crippen molar-refractivity contribution in [3.8, 4) is 5.75 Å². The van der Waals surface area contributed by atoms with Gasteiger partial charge in [-0.3, -0.25) is 14.4 Å². The topological polar surface area (TPSA) is 95.9 Å². The van der Waals surface area contributed by atoms with Crippen LogP contribution in [0.3, 0.4) is 0 Å². The number of nitrogens with one attached hydrogen (secondary N) is 1. The summed E-state index contributed by atoms with van der Waals surface area (Å²) in [4.78, 5) is 36.8. The van der Waals surface area contributed by atoms with Crippen molar-refractivity contribution in [2.75, 3.05) is 18.1 Å². The molecule has 7 heteroatoms. The van der Waals surface area contributed by atoms with Crippen LogP contribution in [0.5, 0.6) is 5.75 Å². The highest BCUT2D eigenvalue weighted by Crippen LogP contribution is 2.25. The van der Waals surface area contributed by atoms with E-state index < -0.39 is 11.5 Å². The van der Waals surface area contributed by atoms with E-state index in [0.717, 1.165) is 12.1 Å². The first-order chi connectivity index (χ1) is 12.2. The number of aliphatic carboxylic acids is 1. The van der Waals surface area contributed by atoms with Crippen LogP contribution in [-0.4, -0.2) is 41.6 Å². The zero-order valence-electron chi connectivity index (χ0n) is 15.4. The minimum Gasteiger partial charge on any atom is -0.484 e. The Hall–Kier alpha value is -2.57. The largest absolute Gasteiger partial charge is 0.484 e. The van der Waals surface area contributed by atoms with Gasteiger partial charge in [-0.05, 0) is 31.4 Å². The van der Waals surface area contributed by atoms with E-state index in [4.69, 9.17) is 9.84 Å². The number of carboxylic acids is 1. The van der Waals surface area contributed by atoms with E-state index in [1.807, 2.05) is 19.9 Å². The van der Waals surface area contributed by atoms with Gasteiger partial charge in [0.25, 0.3) is 5.91 Å². The lowest BCUT2D eigenvalue weighted by atomic mass is 9.85. The van der Waals surface area contributed by atoms with Crippen LogP contribution < -0.4 is 15.0 Å². The Balaban J connectivity index is 1.96. The summed E-state index contributed by atoms with van der Waals surface area (Å²) in [5.41, 5.74) is -0.0980. The Morgan fingerprint density at radius 1 is 1.38 bits per heavy atom. The maximum absolute atomic E-state index is 12.2. The van der Waals surface area contributed by atoms with Crippen molar-refractivity contribution in [3.63, 3.8) is 0 Å². The van der Waals surface area contributed by atoms with Crippen LogP contribution in [0.4, 0.5) is 5.69 Å². The van der Waals surface area contributed by atoms with Gasteiger partial charge in [0.05, 0.1) is 12.0 Å². The van der Waals surface area contributed by atoms with Crippen LogP contribution in [0.2, 0.25) is 0 Å². The average Bonchev–Trinajstić information content (AvgIpc) is 2.98. The molecule has 1 atom stereocenters. The molecular formula is C19H26N2O5. The Morgan fingerprint density at radius 2 is 2.12 bits per heavy atom. The van der Waals surface area contributed by atoms with Crippen LogP contribution in [0.1, 0.15) is 40.0 Å². The van der Waals surface area contributed by atoms with Crippen LogP contribution in [-0.2, 0) is 14.4 Å². The van der Waals surface area contributed by atoms with Gasteiger partial charge >= 0.3 is 5.97 Å². The summed E-state index contributed by atoms with van der Waals surface area (Å²) in [5, 5.41) is 11.8. The zero-order valence-corrected chi connectivity index (χ0v) is 15.4. The number of anilines is 1. The Morgan fingerprint density at radius 3 is 2.69 bits per heavy atom. The number of ether oxygens (including phenoxy) is 1. The second kappa shape index (κ2) is 8.21. The average molecular weight is 362 g/mol. The smallest absolute Gasteiger partial charge is 0.305 e. The fraction of sp³-hybridized carbons (Fsp3) is 0.526. The highest BCUT2D eigenvalue weighted by Gasteiger charge is 2.32. The Labute approximate surface area is 153 Å². The monoisotopic (exact) mass is 362 g/mol. The number of hydrogen-bond donors (Lipinski definition) is 2. The standard InChI is InChI=1S/C19H26N2O5/c1-13(2)19(3,11-18(24)25)20-16(22)12-26-15-7-4-6-14(10-15)21-9-5-8-17(21)23/h4,6-7,10,13H,5,8-9,11-12H2,1-3H3,(H,20,22)(H,24,25). The van der Waals surface area contributed by atoms with Crippen molar-refractivity contribution < 1.29 is 24.2 Å². The lowest BCUT2D eigenvalue weighted by Gasteiger charge is -2.33. The predicted octanol–water partition coefficient (Wildman–Crippen LogP) is 2.20. The maximum atomic E-state index is 12.2. The molecule has 0 aromatic heterocycles. The zero-order chi connectivity index (χ0) is 19.3. The van der Waals surface area contributed by atoms with Crippen LogP contribution >= 0.6 is 0 Å². The van der Waals surface area contributed by atoms with Gasteiger partial charge in [0.15, 0.2) is 6.61 Å². The van der Waals surface area contributed by atoms with Gasteiger partial charge in [0.2, 0.25) is 5.91 Å². The molecule has 2 rings (SSSR count). The summed E-state index contributed by atoms with van der Waals surface area (Å²) in [5.74, 6) is -0.828. The molecule has 1 aliphatic heterocycles. The van der Waals surface area contributed by atoms with E-state index in [9.17, 15) is 14.4 Å². The van der Waals surface area contributed by atoms with E-state index in [-0.39, 0.29) is 30.8 Å². The van der Waals surface area contributed by atoms with Crippen molar-refractivity contribution in [2.24, 2.45) is 5.92 Å². The van der Waals surface area contributed by atoms with Gasteiger partial charge in [0.1, 0.15) is 5.75 Å². The first kappa shape index (κ1) is 19.8. The summed E-state index contributed by atoms with van der Waals surface area (Å²) in [6.45, 7) is 5.90. The molecule has 1 saturated heterocycles. The summed E-state index contributed by atoms with van der Waals surface area (Å²) in [6.07, 6.45) is 1.22. The second-order valence-corrected chi connectivity index (χ2v) is 7.13. The van der Waals surface area contributed by atoms with E-state index >= 15 is 0 Å². The third kappa shape index (κ3) is 4.97. The molecule has 1 heterocycles. The molecule has 0 spiro atoms. The van der Waals surface area contributed by atoms with Crippen molar-refractivity contribution in [1.29, 1.82) is 0 Å². The van der Waals surface area contributed by atoms with E-state index in [2.05, 4.69) is 5.32 Å². The van der Waals surface area contributed by atoms with Crippen LogP contribution in [0.15, 0.2) is 24.3 Å². The molecule has 1 aromatic carbocycles. The molecular weight excluding hydrogens is 336 g/mol. The Kier molecular flexibility index (Phi) is 6.23. The molecule has 1 unspecified atom stereocenters. The third-order valence-corrected chi connectivity index (χ3v) is 4.79. The number of carbonyl (C=O) groups is 3. The number of carboxylic acid groups (broad SMARTS) is 1. The molecule has 0 aliphatic carbocycles. The number of nitrogens with zero attached hydrogens (tertiary/aromatic N) is 1. The molecule has 1 aromatic rings. The molecule has 0 bridgehead atoms. The highest BCUT2D eigenvalue weighted by molar-refractivity contribution is 5.95. The Bertz CT molecular complexity index is 688. The van der Waals surface area contributed by atoms with Crippen molar-refractivity contribution >= 4 is 23.5 Å². The number of benzene rings is 1. The van der Waals surface area contributed by atoms with Gasteiger partial charge in [-0.25, -0.2) is 0 Å². The third-order valence-electron chi connectivity index (χ3n) is 4.79. The molecule has 7 nitrogen and oxygen atoms in total. The van der Waals surface area contributed by atoms with Crippen molar-refractivity contribution in [3.05, 3.63) is 24.3 Å². The molecule has 2 amide bonds. The molecule has 0 radical (unpaired) electrons. The fourth-order valence-electron chi connectivity index (χ4n) is 2.87. The summed E-state index contributed by atoms with van der Waals surface area (Å²) < 4.78 is 5.54. The fourth-order valence-corrected chi connectivity index (χ4v) is 2.87. The van der Waals surface area contributed by atoms with E-state index in [1.165, 1.54) is 0 Å². The number of carbonyl (C=O) groups excluding carboxylic acids is 2. The summed E-state index contributed by atoms with van der Waals surface area (Å²) >= 11 is 0. The number of amides is 2. The molecule has 142 valence electrons. The van der Waals surface area contributed by atoms with Crippen LogP contribution in [0, 0.1) is 5.92 Å². The molecule has 1 aliphatic rings. The van der Waals surface area contributed by atoms with Gasteiger partial charge in [-0.1, -0.05) is 19.9 Å². The summed E-state index contributed by atoms with van der Waals surface area (Å²) in [6, 6.07) is 7.06. The first-order valence-corrected chi connectivity index (χ1v) is 8.77. The second-order valence-electron chi connectivity index (χ2n) is 7.13. The first-order valence-electron chi connectivity index (χ1n) is 8.77. The van der Waals surface area contributed by atoms with Gasteiger partial charge < -0.3 is 20.1 Å². The normalized spacial score (nSPS) is 16.5. The van der Waals surface area contributed by atoms with Crippen molar-refractivity contribution in [1.82, 2.24) is 5.32 Å². The SMILES string of the molecule is CC(C)C(C)(CC(=O)O)NC(=O)COc1cccc(N2CCCC2=O)c1. The molecule has 26 heavy (non-hydrogen) atoms. The molecule has 2 N–H and O–H groups in total. The lowest BCUT2D eigenvalue weighted by Crippen LogP contribution is -2.52. The van der Waals surface area contributed by atoms with E-state index in [1.54, 1.807) is 30.0 Å². The lowest BCUT2D eigenvalue weighted by molar-refractivity contribution is -0.139. The van der Waals surface area contributed by atoms with Crippen LogP contribution in [0.25, 0.3) is 0 Å². The summed E-state index contributed by atoms with van der Waals surface area (Å²) in [7, 11) is 0. The maximum Gasteiger partial charge on any atom is 0.305 e. The molecule has 1 fully saturated rings. The molecule has 0 saturated carbocycles. The van der Waals surface area contributed by atoms with Gasteiger partial charge in [-0.2, -0.15) is 0 Å². The van der Waals surface area contributed by atoms with Gasteiger partial charge in [0, 0.05) is 24.7 Å².